The molecule has 0 amide bonds. The number of hydrogen-bond donors (Lipinski definition) is 1. The highest BCUT2D eigenvalue weighted by atomic mass is 14.5. The van der Waals surface area contributed by atoms with E-state index in [4.69, 9.17) is 8.48 Å². The first-order valence-corrected chi connectivity index (χ1v) is 6.93. The summed E-state index contributed by atoms with van der Waals surface area (Å²) in [6.07, 6.45) is 0. The van der Waals surface area contributed by atoms with Crippen molar-refractivity contribution in [3.8, 4) is 11.1 Å². The van der Waals surface area contributed by atoms with E-state index in [-0.39, 0.29) is 0 Å². The van der Waals surface area contributed by atoms with Gasteiger partial charge in [-0.2, -0.15) is 0 Å². The Labute approximate surface area is 126 Å². The van der Waals surface area contributed by atoms with E-state index in [1.54, 1.807) is 0 Å². The first kappa shape index (κ1) is 10.0. The maximum atomic E-state index is 8.52. The smallest absolute Gasteiger partial charge is 0.0636 e. The maximum absolute atomic E-state index is 8.52. The second-order valence-corrected chi connectivity index (χ2v) is 5.18. The Morgan fingerprint density at radius 1 is 0.619 bits per heavy atom. The predicted molar refractivity (Wildman–Crippen MR) is 91.3 cm³/mol. The van der Waals surface area contributed by atoms with E-state index in [1.165, 1.54) is 0 Å². The third kappa shape index (κ3) is 2.13. The zero-order valence-electron chi connectivity index (χ0n) is 13.4. The summed E-state index contributed by atoms with van der Waals surface area (Å²) in [5.41, 5.74) is 8.56. The summed E-state index contributed by atoms with van der Waals surface area (Å²) >= 11 is 0. The quantitative estimate of drug-likeness (QED) is 0.372. The molecule has 4 rings (SSSR count). The molecule has 0 aromatic heterocycles. The summed E-state index contributed by atoms with van der Waals surface area (Å²) in [6.45, 7) is 0. The van der Waals surface area contributed by atoms with Crippen molar-refractivity contribution in [2.75, 3.05) is 5.73 Å². The van der Waals surface area contributed by atoms with Crippen molar-refractivity contribution >= 4 is 27.2 Å². The summed E-state index contributed by atoms with van der Waals surface area (Å²) in [6, 6.07) is 22.2. The molecule has 2 N–H and O–H groups in total. The second kappa shape index (κ2) is 4.64. The van der Waals surface area contributed by atoms with Crippen molar-refractivity contribution in [1.82, 2.24) is 0 Å². The van der Waals surface area contributed by atoms with Crippen molar-refractivity contribution in [2.24, 2.45) is 0 Å². The maximum Gasteiger partial charge on any atom is 0.0636 e. The Balaban J connectivity index is 2.03. The highest BCUT2D eigenvalue weighted by Gasteiger charge is 2.01. The first-order valence-electron chi connectivity index (χ1n) is 7.93. The van der Waals surface area contributed by atoms with E-state index in [0.29, 0.717) is 12.1 Å². The van der Waals surface area contributed by atoms with Crippen LogP contribution in [0.25, 0.3) is 32.7 Å². The standard InChI is InChI=1S/C20H15N/c21-20-9-7-14(8-10-20)17-5-6-18-11-15-3-1-2-4-16(15)12-19(18)13-17/h1-13H,21H2/i11D,12D. The molecular weight excluding hydrogens is 254 g/mol. The van der Waals surface area contributed by atoms with E-state index < -0.39 is 0 Å². The van der Waals surface area contributed by atoms with Crippen LogP contribution in [-0.2, 0) is 0 Å². The third-order valence-electron chi connectivity index (χ3n) is 3.73. The van der Waals surface area contributed by atoms with Gasteiger partial charge in [0.25, 0.3) is 0 Å². The van der Waals surface area contributed by atoms with Gasteiger partial charge in [0.1, 0.15) is 0 Å². The number of benzene rings is 4. The lowest BCUT2D eigenvalue weighted by molar-refractivity contribution is 1.64. The van der Waals surface area contributed by atoms with Crippen LogP contribution in [0, 0.1) is 0 Å². The Morgan fingerprint density at radius 3 is 1.90 bits per heavy atom. The first-order chi connectivity index (χ1) is 11.1. The molecule has 1 heteroatoms. The molecule has 21 heavy (non-hydrogen) atoms. The molecule has 0 saturated carbocycles. The molecule has 0 atom stereocenters. The molecule has 0 bridgehead atoms. The topological polar surface area (TPSA) is 26.0 Å². The molecule has 0 unspecified atom stereocenters. The summed E-state index contributed by atoms with van der Waals surface area (Å²) in [5.74, 6) is 0. The van der Waals surface area contributed by atoms with E-state index in [1.807, 2.05) is 66.7 Å². The Morgan fingerprint density at radius 2 is 1.19 bits per heavy atom. The molecule has 0 spiro atoms. The summed E-state index contributed by atoms with van der Waals surface area (Å²) in [4.78, 5) is 0. The fourth-order valence-electron chi connectivity index (χ4n) is 2.60. The molecule has 4 aromatic rings. The van der Waals surface area contributed by atoms with Crippen LogP contribution in [0.15, 0.2) is 78.8 Å². The predicted octanol–water partition coefficient (Wildman–Crippen LogP) is 5.24. The Hall–Kier alpha value is -2.80. The molecular formula is C20H15N. The van der Waals surface area contributed by atoms with Gasteiger partial charge in [0.15, 0.2) is 0 Å². The highest BCUT2D eigenvalue weighted by molar-refractivity contribution is 5.99. The molecule has 4 aromatic carbocycles. The number of nitrogens with two attached hydrogens (primary N) is 1. The molecule has 1 nitrogen and oxygen atoms in total. The van der Waals surface area contributed by atoms with Crippen molar-refractivity contribution in [3.05, 3.63) is 78.8 Å². The van der Waals surface area contributed by atoms with Crippen molar-refractivity contribution in [2.45, 2.75) is 0 Å². The van der Waals surface area contributed by atoms with Crippen LogP contribution in [0.3, 0.4) is 0 Å². The van der Waals surface area contributed by atoms with Crippen LogP contribution in [0.1, 0.15) is 2.74 Å². The minimum Gasteiger partial charge on any atom is -0.399 e. The molecule has 0 aliphatic carbocycles. The van der Waals surface area contributed by atoms with Gasteiger partial charge >= 0.3 is 0 Å². The highest BCUT2D eigenvalue weighted by Crippen LogP contribution is 2.28. The number of hydrogen-bond acceptors (Lipinski definition) is 1. The minimum absolute atomic E-state index is 0.476. The summed E-state index contributed by atoms with van der Waals surface area (Å²) in [5, 5.41) is 3.26. The van der Waals surface area contributed by atoms with Crippen LogP contribution in [0.2, 0.25) is 0 Å². The molecule has 0 saturated heterocycles. The van der Waals surface area contributed by atoms with Crippen molar-refractivity contribution in [1.29, 1.82) is 0 Å². The Bertz CT molecular complexity index is 1040. The second-order valence-electron chi connectivity index (χ2n) is 5.18. The average Bonchev–Trinajstić information content (AvgIpc) is 2.60. The summed E-state index contributed by atoms with van der Waals surface area (Å²) in [7, 11) is 0. The van der Waals surface area contributed by atoms with Crippen LogP contribution in [0.5, 0.6) is 0 Å². The van der Waals surface area contributed by atoms with Gasteiger partial charge in [-0.25, -0.2) is 0 Å². The van der Waals surface area contributed by atoms with Gasteiger partial charge < -0.3 is 5.73 Å². The van der Waals surface area contributed by atoms with Gasteiger partial charge in [-0.1, -0.05) is 48.5 Å². The lowest BCUT2D eigenvalue weighted by Gasteiger charge is -2.06. The monoisotopic (exact) mass is 271 g/mol. The normalized spacial score (nSPS) is 12.4. The largest absolute Gasteiger partial charge is 0.399 e. The zero-order valence-corrected chi connectivity index (χ0v) is 11.4. The van der Waals surface area contributed by atoms with Crippen molar-refractivity contribution < 1.29 is 2.74 Å². The third-order valence-corrected chi connectivity index (χ3v) is 3.73. The van der Waals surface area contributed by atoms with E-state index >= 15 is 0 Å². The van der Waals surface area contributed by atoms with E-state index in [0.717, 1.165) is 38.4 Å². The number of nitrogen functional groups attached to an aromatic ring is 1. The van der Waals surface area contributed by atoms with Crippen molar-refractivity contribution in [3.63, 3.8) is 0 Å². The van der Waals surface area contributed by atoms with Crippen LogP contribution in [-0.4, -0.2) is 0 Å². The number of rotatable bonds is 1. The van der Waals surface area contributed by atoms with E-state index in [2.05, 4.69) is 0 Å². The van der Waals surface area contributed by atoms with Gasteiger partial charge in [0.05, 0.1) is 2.74 Å². The molecule has 100 valence electrons. The van der Waals surface area contributed by atoms with Crippen LogP contribution >= 0.6 is 0 Å². The van der Waals surface area contributed by atoms with E-state index in [9.17, 15) is 0 Å². The molecule has 0 fully saturated rings. The van der Waals surface area contributed by atoms with Crippen LogP contribution < -0.4 is 5.73 Å². The van der Waals surface area contributed by atoms with Gasteiger partial charge in [0, 0.05) is 5.69 Å². The van der Waals surface area contributed by atoms with Gasteiger partial charge in [-0.15, -0.1) is 0 Å². The molecule has 0 aliphatic rings. The average molecular weight is 271 g/mol. The SMILES string of the molecule is [2H]c1c2ccccc2c([2H])c2cc(-c3ccc(N)cc3)ccc12. The molecule has 0 heterocycles. The Kier molecular flexibility index (Phi) is 2.21. The molecule has 0 radical (unpaired) electrons. The van der Waals surface area contributed by atoms with Crippen LogP contribution in [0.4, 0.5) is 5.69 Å². The zero-order chi connectivity index (χ0) is 16.0. The van der Waals surface area contributed by atoms with Gasteiger partial charge in [0.2, 0.25) is 0 Å². The number of anilines is 1. The fourth-order valence-corrected chi connectivity index (χ4v) is 2.60. The fraction of sp³-hybridized carbons (Fsp3) is 0. The minimum atomic E-state index is 0.476. The molecule has 0 aliphatic heterocycles. The number of fused-ring (bicyclic) bond motifs is 2. The van der Waals surface area contributed by atoms with Gasteiger partial charge in [-0.05, 0) is 63.0 Å². The van der Waals surface area contributed by atoms with Gasteiger partial charge in [-0.3, -0.25) is 0 Å². The lowest BCUT2D eigenvalue weighted by atomic mass is 9.98. The summed E-state index contributed by atoms with van der Waals surface area (Å²) < 4.78 is 17.0. The lowest BCUT2D eigenvalue weighted by Crippen LogP contribution is -1.84.